The van der Waals surface area contributed by atoms with Crippen molar-refractivity contribution in [1.82, 2.24) is 4.90 Å². The van der Waals surface area contributed by atoms with E-state index >= 15 is 0 Å². The van der Waals surface area contributed by atoms with Crippen LogP contribution in [0.2, 0.25) is 0 Å². The Labute approximate surface area is 67.0 Å². The van der Waals surface area contributed by atoms with Crippen LogP contribution in [0.1, 0.15) is 26.2 Å². The van der Waals surface area contributed by atoms with Crippen molar-refractivity contribution in [3.8, 4) is 0 Å². The van der Waals surface area contributed by atoms with Crippen LogP contribution in [0.3, 0.4) is 0 Å². The van der Waals surface area contributed by atoms with Crippen molar-refractivity contribution in [2.75, 3.05) is 13.2 Å². The Balaban J connectivity index is 2.44. The molecule has 1 rings (SSSR count). The molecule has 64 valence electrons. The van der Waals surface area contributed by atoms with E-state index in [1.807, 2.05) is 4.90 Å². The minimum atomic E-state index is 0.140. The van der Waals surface area contributed by atoms with Crippen molar-refractivity contribution in [1.29, 1.82) is 0 Å². The van der Waals surface area contributed by atoms with Gasteiger partial charge in [0.25, 0.3) is 0 Å². The summed E-state index contributed by atoms with van der Waals surface area (Å²) in [6, 6.07) is 0.303. The highest BCUT2D eigenvalue weighted by molar-refractivity contribution is 5.73. The summed E-state index contributed by atoms with van der Waals surface area (Å²) < 4.78 is 0. The molecular formula is C8H15NO2. The SMILES string of the molecule is CC(=O)N1CCCC1CCO. The number of amides is 1. The second-order valence-corrected chi connectivity index (χ2v) is 3.02. The number of hydrogen-bond donors (Lipinski definition) is 1. The second kappa shape index (κ2) is 3.72. The highest BCUT2D eigenvalue weighted by Crippen LogP contribution is 2.19. The van der Waals surface area contributed by atoms with Crippen molar-refractivity contribution >= 4 is 5.91 Å². The smallest absolute Gasteiger partial charge is 0.219 e. The summed E-state index contributed by atoms with van der Waals surface area (Å²) in [5, 5.41) is 8.69. The van der Waals surface area contributed by atoms with E-state index in [0.29, 0.717) is 6.04 Å². The number of carbonyl (C=O) groups excluding carboxylic acids is 1. The van der Waals surface area contributed by atoms with Crippen LogP contribution in [0.4, 0.5) is 0 Å². The van der Waals surface area contributed by atoms with E-state index in [-0.39, 0.29) is 12.5 Å². The summed E-state index contributed by atoms with van der Waals surface area (Å²) in [5.74, 6) is 0.140. The van der Waals surface area contributed by atoms with Crippen LogP contribution in [0.15, 0.2) is 0 Å². The van der Waals surface area contributed by atoms with E-state index in [1.54, 1.807) is 6.92 Å². The molecule has 11 heavy (non-hydrogen) atoms. The van der Waals surface area contributed by atoms with Gasteiger partial charge in [-0.1, -0.05) is 0 Å². The van der Waals surface area contributed by atoms with Gasteiger partial charge in [-0.05, 0) is 19.3 Å². The van der Waals surface area contributed by atoms with Gasteiger partial charge in [-0.25, -0.2) is 0 Å². The van der Waals surface area contributed by atoms with Gasteiger partial charge in [-0.15, -0.1) is 0 Å². The molecule has 1 aliphatic rings. The molecule has 0 radical (unpaired) electrons. The van der Waals surface area contributed by atoms with Crippen LogP contribution in [-0.2, 0) is 4.79 Å². The number of nitrogens with zero attached hydrogens (tertiary/aromatic N) is 1. The molecule has 1 fully saturated rings. The molecule has 0 aromatic heterocycles. The van der Waals surface area contributed by atoms with Crippen LogP contribution in [0.5, 0.6) is 0 Å². The first-order chi connectivity index (χ1) is 5.25. The van der Waals surface area contributed by atoms with E-state index in [4.69, 9.17) is 5.11 Å². The molecule has 0 aromatic rings. The highest BCUT2D eigenvalue weighted by Gasteiger charge is 2.25. The summed E-state index contributed by atoms with van der Waals surface area (Å²) in [6.07, 6.45) is 2.88. The minimum absolute atomic E-state index is 0.140. The molecule has 1 aliphatic heterocycles. The molecule has 0 bridgehead atoms. The largest absolute Gasteiger partial charge is 0.396 e. The van der Waals surface area contributed by atoms with Gasteiger partial charge in [0.05, 0.1) is 0 Å². The predicted octanol–water partition coefficient (Wildman–Crippen LogP) is 0.380. The number of likely N-dealkylation sites (tertiary alicyclic amines) is 1. The fourth-order valence-corrected chi connectivity index (χ4v) is 1.70. The molecule has 1 unspecified atom stereocenters. The average molecular weight is 157 g/mol. The van der Waals surface area contributed by atoms with Crippen molar-refractivity contribution in [2.45, 2.75) is 32.2 Å². The lowest BCUT2D eigenvalue weighted by Gasteiger charge is -2.22. The zero-order chi connectivity index (χ0) is 8.27. The van der Waals surface area contributed by atoms with E-state index in [2.05, 4.69) is 0 Å². The van der Waals surface area contributed by atoms with E-state index in [9.17, 15) is 4.79 Å². The van der Waals surface area contributed by atoms with Gasteiger partial charge in [-0.2, -0.15) is 0 Å². The zero-order valence-corrected chi connectivity index (χ0v) is 6.92. The molecule has 0 saturated carbocycles. The molecule has 0 aliphatic carbocycles. The topological polar surface area (TPSA) is 40.5 Å². The second-order valence-electron chi connectivity index (χ2n) is 3.02. The molecule has 1 saturated heterocycles. The summed E-state index contributed by atoms with van der Waals surface area (Å²) in [7, 11) is 0. The lowest BCUT2D eigenvalue weighted by Crippen LogP contribution is -2.34. The Bertz CT molecular complexity index is 147. The number of carbonyl (C=O) groups is 1. The maximum atomic E-state index is 11.0. The van der Waals surface area contributed by atoms with E-state index < -0.39 is 0 Å². The molecule has 3 nitrogen and oxygen atoms in total. The van der Waals surface area contributed by atoms with Crippen LogP contribution in [0.25, 0.3) is 0 Å². The first-order valence-corrected chi connectivity index (χ1v) is 4.13. The standard InChI is InChI=1S/C8H15NO2/c1-7(11)9-5-2-3-8(9)4-6-10/h8,10H,2-6H2,1H3. The first kappa shape index (κ1) is 8.53. The number of rotatable bonds is 2. The Kier molecular flexibility index (Phi) is 2.88. The number of aliphatic hydroxyl groups excluding tert-OH is 1. The monoisotopic (exact) mass is 157 g/mol. The third-order valence-corrected chi connectivity index (χ3v) is 2.24. The molecular weight excluding hydrogens is 142 g/mol. The lowest BCUT2D eigenvalue weighted by atomic mass is 10.1. The average Bonchev–Trinajstić information content (AvgIpc) is 2.36. The fraction of sp³-hybridized carbons (Fsp3) is 0.875. The summed E-state index contributed by atoms with van der Waals surface area (Å²) in [5.41, 5.74) is 0. The Morgan fingerprint density at radius 1 is 1.73 bits per heavy atom. The third-order valence-electron chi connectivity index (χ3n) is 2.24. The molecule has 0 spiro atoms. The van der Waals surface area contributed by atoms with Crippen molar-refractivity contribution in [3.63, 3.8) is 0 Å². The Morgan fingerprint density at radius 3 is 3.00 bits per heavy atom. The normalized spacial score (nSPS) is 24.2. The lowest BCUT2D eigenvalue weighted by molar-refractivity contribution is -0.129. The fourth-order valence-electron chi connectivity index (χ4n) is 1.70. The molecule has 3 heteroatoms. The van der Waals surface area contributed by atoms with E-state index in [0.717, 1.165) is 25.8 Å². The molecule has 1 atom stereocenters. The number of hydrogen-bond acceptors (Lipinski definition) is 2. The molecule has 1 N–H and O–H groups in total. The van der Waals surface area contributed by atoms with Gasteiger partial charge in [0.15, 0.2) is 0 Å². The maximum absolute atomic E-state index is 11.0. The highest BCUT2D eigenvalue weighted by atomic mass is 16.3. The van der Waals surface area contributed by atoms with Crippen molar-refractivity contribution < 1.29 is 9.90 Å². The molecule has 1 heterocycles. The van der Waals surface area contributed by atoms with Crippen molar-refractivity contribution in [3.05, 3.63) is 0 Å². The van der Waals surface area contributed by atoms with Gasteiger partial charge < -0.3 is 10.0 Å². The van der Waals surface area contributed by atoms with Crippen LogP contribution >= 0.6 is 0 Å². The Morgan fingerprint density at radius 2 is 2.45 bits per heavy atom. The zero-order valence-electron chi connectivity index (χ0n) is 6.92. The quantitative estimate of drug-likeness (QED) is 0.629. The van der Waals surface area contributed by atoms with Gasteiger partial charge in [-0.3, -0.25) is 4.79 Å². The van der Waals surface area contributed by atoms with Gasteiger partial charge >= 0.3 is 0 Å². The first-order valence-electron chi connectivity index (χ1n) is 4.13. The van der Waals surface area contributed by atoms with Crippen LogP contribution < -0.4 is 0 Å². The summed E-state index contributed by atoms with van der Waals surface area (Å²) in [4.78, 5) is 12.8. The molecule has 1 amide bonds. The maximum Gasteiger partial charge on any atom is 0.219 e. The van der Waals surface area contributed by atoms with Gasteiger partial charge in [0, 0.05) is 26.1 Å². The number of aliphatic hydroxyl groups is 1. The summed E-state index contributed by atoms with van der Waals surface area (Å²) >= 11 is 0. The van der Waals surface area contributed by atoms with Crippen molar-refractivity contribution in [2.24, 2.45) is 0 Å². The van der Waals surface area contributed by atoms with E-state index in [1.165, 1.54) is 0 Å². The van der Waals surface area contributed by atoms with Crippen LogP contribution in [0, 0.1) is 0 Å². The third kappa shape index (κ3) is 1.93. The molecule has 0 aromatic carbocycles. The van der Waals surface area contributed by atoms with Gasteiger partial charge in [0.1, 0.15) is 0 Å². The predicted molar refractivity (Wildman–Crippen MR) is 42.1 cm³/mol. The van der Waals surface area contributed by atoms with Gasteiger partial charge in [0.2, 0.25) is 5.91 Å². The van der Waals surface area contributed by atoms with Crippen LogP contribution in [-0.4, -0.2) is 35.1 Å². The summed E-state index contributed by atoms with van der Waals surface area (Å²) in [6.45, 7) is 2.66. The Hall–Kier alpha value is -0.570. The minimum Gasteiger partial charge on any atom is -0.396 e.